The number of amides is 1. The van der Waals surface area contributed by atoms with Crippen LogP contribution in [0.3, 0.4) is 0 Å². The Hall–Kier alpha value is -2.88. The Morgan fingerprint density at radius 3 is 2.65 bits per heavy atom. The molecule has 134 valence electrons. The largest absolute Gasteiger partial charge is 0.352 e. The minimum Gasteiger partial charge on any atom is -0.352 e. The number of aromatic nitrogens is 2. The molecular formula is C22H25N3O. The maximum atomic E-state index is 11.6. The smallest absolute Gasteiger partial charge is 0.243 e. The molecule has 0 bridgehead atoms. The summed E-state index contributed by atoms with van der Waals surface area (Å²) < 4.78 is 2.29. The van der Waals surface area contributed by atoms with Gasteiger partial charge in [-0.15, -0.1) is 0 Å². The van der Waals surface area contributed by atoms with Gasteiger partial charge in [0.1, 0.15) is 5.82 Å². The Labute approximate surface area is 154 Å². The number of aryl methyl sites for hydroxylation is 2. The predicted octanol–water partition coefficient (Wildman–Crippen LogP) is 3.90. The second-order valence-corrected chi connectivity index (χ2v) is 6.30. The van der Waals surface area contributed by atoms with Crippen molar-refractivity contribution in [2.45, 2.75) is 32.7 Å². The number of nitrogens with one attached hydrogen (secondary N) is 1. The number of hydrogen-bond acceptors (Lipinski definition) is 2. The van der Waals surface area contributed by atoms with Crippen LogP contribution in [0.2, 0.25) is 0 Å². The van der Waals surface area contributed by atoms with E-state index in [1.54, 1.807) is 12.2 Å². The molecular weight excluding hydrogens is 322 g/mol. The lowest BCUT2D eigenvalue weighted by molar-refractivity contribution is -0.116. The molecule has 0 unspecified atom stereocenters. The second-order valence-electron chi connectivity index (χ2n) is 6.30. The van der Waals surface area contributed by atoms with E-state index in [2.05, 4.69) is 46.3 Å². The fraction of sp³-hybridized carbons (Fsp3) is 0.273. The van der Waals surface area contributed by atoms with Crippen molar-refractivity contribution < 1.29 is 4.79 Å². The van der Waals surface area contributed by atoms with Crippen molar-refractivity contribution in [1.82, 2.24) is 14.9 Å². The molecule has 0 spiro atoms. The number of hydrogen-bond donors (Lipinski definition) is 1. The molecule has 0 aliphatic carbocycles. The van der Waals surface area contributed by atoms with Crippen LogP contribution in [0.15, 0.2) is 66.7 Å². The third-order valence-electron chi connectivity index (χ3n) is 4.39. The van der Waals surface area contributed by atoms with Crippen LogP contribution in [-0.2, 0) is 24.2 Å². The van der Waals surface area contributed by atoms with E-state index in [4.69, 9.17) is 4.98 Å². The summed E-state index contributed by atoms with van der Waals surface area (Å²) in [7, 11) is 0. The van der Waals surface area contributed by atoms with E-state index < -0.39 is 0 Å². The summed E-state index contributed by atoms with van der Waals surface area (Å²) in [6.45, 7) is 3.35. The summed E-state index contributed by atoms with van der Waals surface area (Å²) in [6, 6.07) is 18.8. The SMILES string of the molecule is C/C=C/C(=O)NCCc1nc2ccccc2n1CCCc1ccccc1. The van der Waals surface area contributed by atoms with E-state index in [1.165, 1.54) is 5.56 Å². The Kier molecular flexibility index (Phi) is 6.20. The molecule has 4 heteroatoms. The number of rotatable bonds is 8. The van der Waals surface area contributed by atoms with Crippen molar-refractivity contribution in [2.24, 2.45) is 0 Å². The summed E-state index contributed by atoms with van der Waals surface area (Å²) >= 11 is 0. The van der Waals surface area contributed by atoms with E-state index >= 15 is 0 Å². The van der Waals surface area contributed by atoms with Gasteiger partial charge >= 0.3 is 0 Å². The number of carbonyl (C=O) groups is 1. The lowest BCUT2D eigenvalue weighted by atomic mass is 10.1. The van der Waals surface area contributed by atoms with Crippen LogP contribution < -0.4 is 5.32 Å². The number of imidazole rings is 1. The second kappa shape index (κ2) is 8.99. The third kappa shape index (κ3) is 4.60. The minimum absolute atomic E-state index is 0.0563. The molecule has 0 fully saturated rings. The molecule has 3 rings (SSSR count). The highest BCUT2D eigenvalue weighted by Crippen LogP contribution is 2.17. The lowest BCUT2D eigenvalue weighted by Gasteiger charge is -2.10. The highest BCUT2D eigenvalue weighted by atomic mass is 16.1. The highest BCUT2D eigenvalue weighted by molar-refractivity contribution is 5.87. The molecule has 1 aromatic heterocycles. The van der Waals surface area contributed by atoms with Crippen LogP contribution >= 0.6 is 0 Å². The molecule has 2 aromatic carbocycles. The number of para-hydroxylation sites is 2. The van der Waals surface area contributed by atoms with Crippen LogP contribution in [-0.4, -0.2) is 22.0 Å². The molecule has 4 nitrogen and oxygen atoms in total. The zero-order valence-electron chi connectivity index (χ0n) is 15.2. The first-order chi connectivity index (χ1) is 12.8. The minimum atomic E-state index is -0.0563. The van der Waals surface area contributed by atoms with Crippen LogP contribution in [0.4, 0.5) is 0 Å². The summed E-state index contributed by atoms with van der Waals surface area (Å²) in [5, 5.41) is 2.91. The maximum Gasteiger partial charge on any atom is 0.243 e. The molecule has 0 saturated carbocycles. The first kappa shape index (κ1) is 17.9. The standard InChI is InChI=1S/C22H25N3O/c1-2-9-22(26)23-16-15-21-24-19-13-6-7-14-20(19)25(21)17-8-12-18-10-4-3-5-11-18/h2-7,9-11,13-14H,8,12,15-17H2,1H3,(H,23,26)/b9-2+. The van der Waals surface area contributed by atoms with Crippen LogP contribution in [0.1, 0.15) is 24.7 Å². The monoisotopic (exact) mass is 347 g/mol. The summed E-state index contributed by atoms with van der Waals surface area (Å²) in [4.78, 5) is 16.4. The predicted molar refractivity (Wildman–Crippen MR) is 106 cm³/mol. The van der Waals surface area contributed by atoms with Crippen LogP contribution in [0, 0.1) is 0 Å². The molecule has 0 aliphatic heterocycles. The van der Waals surface area contributed by atoms with Crippen LogP contribution in [0.25, 0.3) is 11.0 Å². The molecule has 0 atom stereocenters. The zero-order valence-corrected chi connectivity index (χ0v) is 15.2. The summed E-state index contributed by atoms with van der Waals surface area (Å²) in [5.74, 6) is 0.972. The molecule has 0 radical (unpaired) electrons. The molecule has 3 aromatic rings. The van der Waals surface area contributed by atoms with Gasteiger partial charge in [0.2, 0.25) is 5.91 Å². The number of allylic oxidation sites excluding steroid dienone is 1. The van der Waals surface area contributed by atoms with Gasteiger partial charge < -0.3 is 9.88 Å². The van der Waals surface area contributed by atoms with Crippen molar-refractivity contribution in [3.63, 3.8) is 0 Å². The third-order valence-corrected chi connectivity index (χ3v) is 4.39. The number of benzene rings is 2. The van der Waals surface area contributed by atoms with Crippen LogP contribution in [0.5, 0.6) is 0 Å². The van der Waals surface area contributed by atoms with Gasteiger partial charge in [0.25, 0.3) is 0 Å². The van der Waals surface area contributed by atoms with Crippen molar-refractivity contribution in [2.75, 3.05) is 6.54 Å². The Morgan fingerprint density at radius 1 is 1.08 bits per heavy atom. The van der Waals surface area contributed by atoms with Gasteiger partial charge in [0.05, 0.1) is 11.0 Å². The zero-order chi connectivity index (χ0) is 18.2. The van der Waals surface area contributed by atoms with Crippen molar-refractivity contribution in [1.29, 1.82) is 0 Å². The molecule has 0 saturated heterocycles. The van der Waals surface area contributed by atoms with Crippen molar-refractivity contribution in [3.05, 3.63) is 78.1 Å². The average Bonchev–Trinajstić information content (AvgIpc) is 3.01. The topological polar surface area (TPSA) is 46.9 Å². The van der Waals surface area contributed by atoms with Gasteiger partial charge in [-0.25, -0.2) is 4.98 Å². The quantitative estimate of drug-likeness (QED) is 0.628. The number of carbonyl (C=O) groups excluding carboxylic acids is 1. The van der Waals surface area contributed by atoms with Crippen molar-refractivity contribution in [3.8, 4) is 0 Å². The first-order valence-electron chi connectivity index (χ1n) is 9.16. The van der Waals surface area contributed by atoms with Gasteiger partial charge in [-0.05, 0) is 43.5 Å². The molecule has 26 heavy (non-hydrogen) atoms. The normalized spacial score (nSPS) is 11.3. The van der Waals surface area contributed by atoms with Gasteiger partial charge in [-0.3, -0.25) is 4.79 Å². The molecule has 1 amide bonds. The van der Waals surface area contributed by atoms with Gasteiger partial charge in [-0.1, -0.05) is 48.5 Å². The fourth-order valence-corrected chi connectivity index (χ4v) is 3.16. The van der Waals surface area contributed by atoms with E-state index in [9.17, 15) is 4.79 Å². The first-order valence-corrected chi connectivity index (χ1v) is 9.16. The Morgan fingerprint density at radius 2 is 1.85 bits per heavy atom. The highest BCUT2D eigenvalue weighted by Gasteiger charge is 2.10. The van der Waals surface area contributed by atoms with Crippen molar-refractivity contribution >= 4 is 16.9 Å². The van der Waals surface area contributed by atoms with Gasteiger partial charge in [-0.2, -0.15) is 0 Å². The maximum absolute atomic E-state index is 11.6. The lowest BCUT2D eigenvalue weighted by Crippen LogP contribution is -2.24. The van der Waals surface area contributed by atoms with E-state index in [1.807, 2.05) is 25.1 Å². The number of nitrogens with zero attached hydrogens (tertiary/aromatic N) is 2. The Balaban J connectivity index is 1.69. The van der Waals surface area contributed by atoms with E-state index in [0.29, 0.717) is 6.54 Å². The summed E-state index contributed by atoms with van der Waals surface area (Å²) in [6.07, 6.45) is 6.12. The molecule has 0 aliphatic rings. The van der Waals surface area contributed by atoms with Gasteiger partial charge in [0, 0.05) is 19.5 Å². The van der Waals surface area contributed by atoms with E-state index in [-0.39, 0.29) is 5.91 Å². The molecule has 1 heterocycles. The summed E-state index contributed by atoms with van der Waals surface area (Å²) in [5.41, 5.74) is 3.54. The van der Waals surface area contributed by atoms with E-state index in [0.717, 1.165) is 42.7 Å². The molecule has 1 N–H and O–H groups in total. The Bertz CT molecular complexity index is 881. The average molecular weight is 347 g/mol. The number of fused-ring (bicyclic) bond motifs is 1. The fourth-order valence-electron chi connectivity index (χ4n) is 3.16. The van der Waals surface area contributed by atoms with Gasteiger partial charge in [0.15, 0.2) is 0 Å².